The lowest BCUT2D eigenvalue weighted by Crippen LogP contribution is -2.68. The van der Waals surface area contributed by atoms with Gasteiger partial charge in [-0.15, -0.1) is 0 Å². The number of aliphatic hydroxyl groups is 1. The van der Waals surface area contributed by atoms with Gasteiger partial charge in [0.2, 0.25) is 0 Å². The lowest BCUT2D eigenvalue weighted by Gasteiger charge is -2.53. The van der Waals surface area contributed by atoms with Crippen LogP contribution in [0.2, 0.25) is 5.02 Å². The van der Waals surface area contributed by atoms with Crippen molar-refractivity contribution in [3.05, 3.63) is 29.3 Å². The van der Waals surface area contributed by atoms with Gasteiger partial charge in [-0.3, -0.25) is 4.90 Å². The zero-order chi connectivity index (χ0) is 15.1. The van der Waals surface area contributed by atoms with Crippen molar-refractivity contribution < 1.29 is 9.90 Å². The molecule has 0 radical (unpaired) electrons. The quantitative estimate of drug-likeness (QED) is 0.908. The van der Waals surface area contributed by atoms with E-state index in [1.807, 2.05) is 20.8 Å². The number of hydrogen-bond acceptors (Lipinski definition) is 2. The molecule has 1 N–H and O–H groups in total. The Morgan fingerprint density at radius 2 is 2.00 bits per heavy atom. The first-order valence-corrected chi connectivity index (χ1v) is 7.16. The molecule has 0 aliphatic carbocycles. The van der Waals surface area contributed by atoms with Crippen LogP contribution in [0.15, 0.2) is 24.3 Å². The van der Waals surface area contributed by atoms with Crippen molar-refractivity contribution in [2.45, 2.75) is 45.4 Å². The fourth-order valence-electron chi connectivity index (χ4n) is 3.15. The molecule has 1 aliphatic rings. The molecule has 5 heteroatoms. The van der Waals surface area contributed by atoms with Crippen molar-refractivity contribution in [1.82, 2.24) is 4.90 Å². The minimum Gasteiger partial charge on any atom is -0.371 e. The molecule has 1 aliphatic heterocycles. The van der Waals surface area contributed by atoms with E-state index < -0.39 is 5.72 Å². The summed E-state index contributed by atoms with van der Waals surface area (Å²) in [5.74, 6) is 0. The van der Waals surface area contributed by atoms with Crippen LogP contribution in [0.4, 0.5) is 10.5 Å². The van der Waals surface area contributed by atoms with Crippen LogP contribution in [-0.4, -0.2) is 33.8 Å². The van der Waals surface area contributed by atoms with Crippen LogP contribution in [0.3, 0.4) is 0 Å². The number of amides is 2. The maximum absolute atomic E-state index is 12.7. The number of hydrogen-bond donors (Lipinski definition) is 1. The predicted molar refractivity (Wildman–Crippen MR) is 81.0 cm³/mol. The topological polar surface area (TPSA) is 43.8 Å². The Balaban J connectivity index is 2.48. The molecule has 110 valence electrons. The second-order valence-electron chi connectivity index (χ2n) is 6.05. The van der Waals surface area contributed by atoms with E-state index >= 15 is 0 Å². The monoisotopic (exact) mass is 296 g/mol. The standard InChI is InChI=1S/C15H21ClN2O2/c1-5-17-13(19)18(12-8-6-7-11(16)9-12)15(4,20)10-14(17,2)3/h6-9,20H,5,10H2,1-4H3/t15-/m0/s1. The summed E-state index contributed by atoms with van der Waals surface area (Å²) in [7, 11) is 0. The molecule has 2 rings (SSSR count). The van der Waals surface area contributed by atoms with E-state index in [-0.39, 0.29) is 11.6 Å². The third-order valence-corrected chi connectivity index (χ3v) is 4.02. The van der Waals surface area contributed by atoms with Gasteiger partial charge in [-0.2, -0.15) is 0 Å². The van der Waals surface area contributed by atoms with Gasteiger partial charge in [-0.1, -0.05) is 17.7 Å². The number of carbonyl (C=O) groups is 1. The molecular weight excluding hydrogens is 276 g/mol. The number of urea groups is 1. The third kappa shape index (κ3) is 2.50. The summed E-state index contributed by atoms with van der Waals surface area (Å²) in [6, 6.07) is 6.80. The second-order valence-corrected chi connectivity index (χ2v) is 6.48. The van der Waals surface area contributed by atoms with E-state index in [4.69, 9.17) is 11.6 Å². The first-order chi connectivity index (χ1) is 9.19. The normalized spacial score (nSPS) is 26.0. The molecule has 4 nitrogen and oxygen atoms in total. The molecule has 1 atom stereocenters. The van der Waals surface area contributed by atoms with Crippen molar-refractivity contribution in [3.63, 3.8) is 0 Å². The van der Waals surface area contributed by atoms with Gasteiger partial charge in [0.25, 0.3) is 0 Å². The van der Waals surface area contributed by atoms with Gasteiger partial charge in [-0.25, -0.2) is 4.79 Å². The number of rotatable bonds is 2. The summed E-state index contributed by atoms with van der Waals surface area (Å²) in [4.78, 5) is 15.9. The van der Waals surface area contributed by atoms with Crippen molar-refractivity contribution in [2.24, 2.45) is 0 Å². The van der Waals surface area contributed by atoms with Crippen molar-refractivity contribution in [1.29, 1.82) is 0 Å². The van der Waals surface area contributed by atoms with Crippen LogP contribution in [0.1, 0.15) is 34.1 Å². The Kier molecular flexibility index (Phi) is 3.73. The van der Waals surface area contributed by atoms with Crippen LogP contribution in [-0.2, 0) is 0 Å². The Labute approximate surface area is 124 Å². The zero-order valence-corrected chi connectivity index (χ0v) is 13.1. The highest BCUT2D eigenvalue weighted by molar-refractivity contribution is 6.30. The van der Waals surface area contributed by atoms with Crippen molar-refractivity contribution in [3.8, 4) is 0 Å². The number of benzene rings is 1. The molecule has 0 spiro atoms. The molecule has 1 fully saturated rings. The zero-order valence-electron chi connectivity index (χ0n) is 12.4. The molecular formula is C15H21ClN2O2. The average molecular weight is 297 g/mol. The minimum atomic E-state index is -1.24. The first-order valence-electron chi connectivity index (χ1n) is 6.79. The highest BCUT2D eigenvalue weighted by Crippen LogP contribution is 2.39. The first kappa shape index (κ1) is 15.1. The lowest BCUT2D eigenvalue weighted by molar-refractivity contribution is -0.0238. The van der Waals surface area contributed by atoms with Gasteiger partial charge in [0.05, 0.1) is 0 Å². The lowest BCUT2D eigenvalue weighted by atomic mass is 9.87. The Morgan fingerprint density at radius 3 is 2.55 bits per heavy atom. The smallest absolute Gasteiger partial charge is 0.327 e. The number of carbonyl (C=O) groups excluding carboxylic acids is 1. The molecule has 2 amide bonds. The van der Waals surface area contributed by atoms with E-state index in [0.29, 0.717) is 23.7 Å². The summed E-state index contributed by atoms with van der Waals surface area (Å²) in [5.41, 5.74) is -1.01. The summed E-state index contributed by atoms with van der Waals surface area (Å²) in [6.45, 7) is 8.14. The van der Waals surface area contributed by atoms with Gasteiger partial charge in [0, 0.05) is 29.2 Å². The highest BCUT2D eigenvalue weighted by atomic mass is 35.5. The Morgan fingerprint density at radius 1 is 1.35 bits per heavy atom. The minimum absolute atomic E-state index is 0.198. The van der Waals surface area contributed by atoms with Gasteiger partial charge in [0.15, 0.2) is 0 Å². The van der Waals surface area contributed by atoms with E-state index in [1.54, 1.807) is 36.1 Å². The number of halogens is 1. The van der Waals surface area contributed by atoms with E-state index in [2.05, 4.69) is 0 Å². The average Bonchev–Trinajstić information content (AvgIpc) is 2.25. The van der Waals surface area contributed by atoms with Crippen LogP contribution in [0.5, 0.6) is 0 Å². The van der Waals surface area contributed by atoms with Gasteiger partial charge in [-0.05, 0) is 45.9 Å². The highest BCUT2D eigenvalue weighted by Gasteiger charge is 2.49. The largest absolute Gasteiger partial charge is 0.371 e. The summed E-state index contributed by atoms with van der Waals surface area (Å²) < 4.78 is 0. The predicted octanol–water partition coefficient (Wildman–Crippen LogP) is 3.48. The van der Waals surface area contributed by atoms with E-state index in [9.17, 15) is 9.90 Å². The summed E-state index contributed by atoms with van der Waals surface area (Å²) >= 11 is 6.00. The maximum Gasteiger partial charge on any atom is 0.327 e. The summed E-state index contributed by atoms with van der Waals surface area (Å²) in [5, 5.41) is 11.3. The molecule has 0 bridgehead atoms. The summed E-state index contributed by atoms with van der Waals surface area (Å²) in [6.07, 6.45) is 0.464. The van der Waals surface area contributed by atoms with E-state index in [1.165, 1.54) is 4.90 Å². The van der Waals surface area contributed by atoms with Crippen LogP contribution < -0.4 is 4.90 Å². The van der Waals surface area contributed by atoms with Gasteiger partial charge >= 0.3 is 6.03 Å². The van der Waals surface area contributed by atoms with Crippen LogP contribution in [0.25, 0.3) is 0 Å². The molecule has 1 saturated heterocycles. The third-order valence-electron chi connectivity index (χ3n) is 3.78. The Hall–Kier alpha value is -1.26. The van der Waals surface area contributed by atoms with Crippen LogP contribution >= 0.6 is 11.6 Å². The molecule has 0 saturated carbocycles. The second kappa shape index (κ2) is 4.93. The SMILES string of the molecule is CCN1C(=O)N(c2cccc(Cl)c2)[C@@](C)(O)CC1(C)C. The van der Waals surface area contributed by atoms with E-state index in [0.717, 1.165) is 0 Å². The van der Waals surface area contributed by atoms with Gasteiger partial charge in [0.1, 0.15) is 5.72 Å². The number of anilines is 1. The Bertz CT molecular complexity index is 528. The van der Waals surface area contributed by atoms with Crippen molar-refractivity contribution in [2.75, 3.05) is 11.4 Å². The molecule has 1 aromatic carbocycles. The molecule has 1 heterocycles. The fourth-order valence-corrected chi connectivity index (χ4v) is 3.33. The number of nitrogens with zero attached hydrogens (tertiary/aromatic N) is 2. The van der Waals surface area contributed by atoms with Crippen LogP contribution in [0, 0.1) is 0 Å². The molecule has 0 aromatic heterocycles. The maximum atomic E-state index is 12.7. The fraction of sp³-hybridized carbons (Fsp3) is 0.533. The molecule has 0 unspecified atom stereocenters. The molecule has 1 aromatic rings. The molecule has 20 heavy (non-hydrogen) atoms. The van der Waals surface area contributed by atoms with Gasteiger partial charge < -0.3 is 10.0 Å². The van der Waals surface area contributed by atoms with Crippen molar-refractivity contribution >= 4 is 23.3 Å².